The zero-order valence-corrected chi connectivity index (χ0v) is 34.5. The van der Waals surface area contributed by atoms with E-state index in [9.17, 15) is 0 Å². The average Bonchev–Trinajstić information content (AvgIpc) is 4.01. The summed E-state index contributed by atoms with van der Waals surface area (Å²) in [4.78, 5) is 4.90. The van der Waals surface area contributed by atoms with Crippen molar-refractivity contribution in [3.63, 3.8) is 0 Å². The summed E-state index contributed by atoms with van der Waals surface area (Å²) in [6.07, 6.45) is 4.39. The van der Waals surface area contributed by atoms with Crippen molar-refractivity contribution < 1.29 is 0 Å². The van der Waals surface area contributed by atoms with Crippen molar-refractivity contribution >= 4 is 55.9 Å². The fraction of sp³-hybridized carbons (Fsp3) is 0.0847. The molecule has 1 spiro atoms. The Morgan fingerprint density at radius 3 is 1.44 bits per heavy atom. The van der Waals surface area contributed by atoms with Gasteiger partial charge in [-0.05, 0) is 150 Å². The van der Waals surface area contributed by atoms with Gasteiger partial charge in [-0.3, -0.25) is 0 Å². The lowest BCUT2D eigenvalue weighted by molar-refractivity contribution is 0.507. The van der Waals surface area contributed by atoms with Crippen molar-refractivity contribution in [1.82, 2.24) is 4.57 Å². The van der Waals surface area contributed by atoms with Gasteiger partial charge in [-0.1, -0.05) is 133 Å². The van der Waals surface area contributed by atoms with Gasteiger partial charge in [-0.2, -0.15) is 0 Å². The minimum absolute atomic E-state index is 0.0586. The molecular formula is C59H45N3. The van der Waals surface area contributed by atoms with E-state index >= 15 is 0 Å². The maximum absolute atomic E-state index is 2.53. The van der Waals surface area contributed by atoms with Crippen LogP contribution in [0.5, 0.6) is 0 Å². The van der Waals surface area contributed by atoms with E-state index in [-0.39, 0.29) is 5.41 Å². The van der Waals surface area contributed by atoms with Crippen LogP contribution in [0, 0.1) is 0 Å². The molecule has 0 radical (unpaired) electrons. The van der Waals surface area contributed by atoms with Gasteiger partial charge >= 0.3 is 0 Å². The van der Waals surface area contributed by atoms with Crippen LogP contribution in [0.3, 0.4) is 0 Å². The van der Waals surface area contributed by atoms with E-state index in [1.54, 1.807) is 0 Å². The number of nitrogens with zero attached hydrogens (tertiary/aromatic N) is 3. The maximum atomic E-state index is 2.53. The molecule has 3 heteroatoms. The Bertz CT molecular complexity index is 3240. The molecule has 12 rings (SSSR count). The van der Waals surface area contributed by atoms with Crippen LogP contribution < -0.4 is 9.80 Å². The molecular weight excluding hydrogens is 751 g/mol. The Kier molecular flexibility index (Phi) is 8.67. The van der Waals surface area contributed by atoms with Crippen LogP contribution in [0.25, 0.3) is 38.6 Å². The number of hydrogen-bond acceptors (Lipinski definition) is 2. The quantitative estimate of drug-likeness (QED) is 0.152. The van der Waals surface area contributed by atoms with Crippen LogP contribution >= 0.6 is 0 Å². The lowest BCUT2D eigenvalue weighted by atomic mass is 9.76. The molecule has 10 aromatic rings. The van der Waals surface area contributed by atoms with Gasteiger partial charge in [0.25, 0.3) is 0 Å². The standard InChI is InChI=1S/C59H45N3/c1-5-16-42(17-6-1)45-18-15-25-49(38-45)60(46-19-7-2-8-20-46)50-30-28-43-34-36-59(55(43)39-50)37-35-44-29-31-51(40-56(44)59)61(47-21-9-3-10-22-47)52-32-33-54-53-26-13-14-27-57(53)62(58(54)41-52)48-23-11-4-12-24-48/h1-33,38-41H,34-37H2/t59-/m1/s1. The van der Waals surface area contributed by atoms with Crippen LogP contribution in [0.2, 0.25) is 0 Å². The fourth-order valence-electron chi connectivity index (χ4n) is 10.7. The topological polar surface area (TPSA) is 11.4 Å². The van der Waals surface area contributed by atoms with Crippen molar-refractivity contribution in [2.75, 3.05) is 9.80 Å². The summed E-state index contributed by atoms with van der Waals surface area (Å²) in [5, 5.41) is 2.52. The molecule has 2 aliphatic rings. The SMILES string of the molecule is c1ccc(-c2cccc(N(c3ccccc3)c3ccc4c(c3)[C@@]3(CC4)CCc4ccc(N(c5ccccc5)c5ccc6c7ccccc7n(-c7ccccc7)c6c5)cc43)c2)cc1. The predicted octanol–water partition coefficient (Wildman–Crippen LogP) is 15.6. The number of aromatic nitrogens is 1. The van der Waals surface area contributed by atoms with E-state index < -0.39 is 0 Å². The predicted molar refractivity (Wildman–Crippen MR) is 259 cm³/mol. The minimum Gasteiger partial charge on any atom is -0.310 e. The number of benzene rings is 9. The number of anilines is 6. The molecule has 296 valence electrons. The van der Waals surface area contributed by atoms with Crippen LogP contribution in [0.4, 0.5) is 34.1 Å². The van der Waals surface area contributed by atoms with E-state index in [1.807, 2.05) is 0 Å². The monoisotopic (exact) mass is 795 g/mol. The van der Waals surface area contributed by atoms with E-state index in [0.717, 1.165) is 54.1 Å². The molecule has 3 nitrogen and oxygen atoms in total. The highest BCUT2D eigenvalue weighted by molar-refractivity contribution is 6.10. The second-order valence-electron chi connectivity index (χ2n) is 16.9. The van der Waals surface area contributed by atoms with Crippen LogP contribution in [-0.2, 0) is 18.3 Å². The minimum atomic E-state index is -0.0586. The van der Waals surface area contributed by atoms with E-state index in [0.29, 0.717) is 0 Å². The van der Waals surface area contributed by atoms with Gasteiger partial charge in [0.2, 0.25) is 0 Å². The summed E-state index contributed by atoms with van der Waals surface area (Å²) >= 11 is 0. The van der Waals surface area contributed by atoms with Gasteiger partial charge in [0.1, 0.15) is 0 Å². The maximum Gasteiger partial charge on any atom is 0.0561 e. The van der Waals surface area contributed by atoms with Crippen LogP contribution in [0.15, 0.2) is 224 Å². The van der Waals surface area contributed by atoms with E-state index in [2.05, 4.69) is 239 Å². The van der Waals surface area contributed by atoms with E-state index in [1.165, 1.54) is 66.6 Å². The Hall–Kier alpha value is -7.62. The first kappa shape index (κ1) is 36.2. The van der Waals surface area contributed by atoms with Gasteiger partial charge < -0.3 is 14.4 Å². The second-order valence-corrected chi connectivity index (χ2v) is 16.9. The van der Waals surface area contributed by atoms with Gasteiger partial charge in [-0.25, -0.2) is 0 Å². The summed E-state index contributed by atoms with van der Waals surface area (Å²) in [6.45, 7) is 0. The molecule has 0 bridgehead atoms. The van der Waals surface area contributed by atoms with Gasteiger partial charge in [0.15, 0.2) is 0 Å². The Labute approximate surface area is 363 Å². The Morgan fingerprint density at radius 1 is 0.339 bits per heavy atom. The third-order valence-corrected chi connectivity index (χ3v) is 13.5. The third-order valence-electron chi connectivity index (χ3n) is 13.5. The highest BCUT2D eigenvalue weighted by atomic mass is 15.1. The second kappa shape index (κ2) is 14.8. The van der Waals surface area contributed by atoms with Crippen LogP contribution in [-0.4, -0.2) is 4.57 Å². The molecule has 0 N–H and O–H groups in total. The molecule has 0 aliphatic heterocycles. The molecule has 0 saturated heterocycles. The van der Waals surface area contributed by atoms with E-state index in [4.69, 9.17) is 0 Å². The molecule has 2 aliphatic carbocycles. The number of aryl methyl sites for hydroxylation is 2. The summed E-state index contributed by atoms with van der Waals surface area (Å²) in [7, 11) is 0. The fourth-order valence-corrected chi connectivity index (χ4v) is 10.7. The smallest absolute Gasteiger partial charge is 0.0561 e. The lowest BCUT2D eigenvalue weighted by Crippen LogP contribution is -2.22. The van der Waals surface area contributed by atoms with Crippen molar-refractivity contribution in [3.05, 3.63) is 247 Å². The third kappa shape index (κ3) is 5.96. The highest BCUT2D eigenvalue weighted by Crippen LogP contribution is 2.55. The van der Waals surface area contributed by atoms with Gasteiger partial charge in [0, 0.05) is 56.0 Å². The normalized spacial score (nSPS) is 15.2. The largest absolute Gasteiger partial charge is 0.310 e. The zero-order valence-electron chi connectivity index (χ0n) is 34.5. The molecule has 0 unspecified atom stereocenters. The Balaban J connectivity index is 0.990. The lowest BCUT2D eigenvalue weighted by Gasteiger charge is -2.31. The molecule has 1 atom stereocenters. The average molecular weight is 796 g/mol. The molecule has 1 heterocycles. The summed E-state index contributed by atoms with van der Waals surface area (Å²) < 4.78 is 2.42. The van der Waals surface area contributed by atoms with Crippen molar-refractivity contribution in [2.45, 2.75) is 31.1 Å². The van der Waals surface area contributed by atoms with Crippen molar-refractivity contribution in [2.24, 2.45) is 0 Å². The number of rotatable bonds is 8. The molecule has 62 heavy (non-hydrogen) atoms. The highest BCUT2D eigenvalue weighted by Gasteiger charge is 2.45. The molecule has 1 aromatic heterocycles. The first-order valence-electron chi connectivity index (χ1n) is 21.9. The first-order valence-corrected chi connectivity index (χ1v) is 21.9. The van der Waals surface area contributed by atoms with Crippen LogP contribution in [0.1, 0.15) is 35.1 Å². The molecule has 0 fully saturated rings. The Morgan fingerprint density at radius 2 is 0.806 bits per heavy atom. The summed E-state index contributed by atoms with van der Waals surface area (Å²) in [6, 6.07) is 82.6. The van der Waals surface area contributed by atoms with Crippen molar-refractivity contribution in [3.8, 4) is 16.8 Å². The first-order chi connectivity index (χ1) is 30.7. The number of hydrogen-bond donors (Lipinski definition) is 0. The van der Waals surface area contributed by atoms with Crippen molar-refractivity contribution in [1.29, 1.82) is 0 Å². The zero-order chi connectivity index (χ0) is 41.0. The van der Waals surface area contributed by atoms with Gasteiger partial charge in [0.05, 0.1) is 11.0 Å². The number of fused-ring (bicyclic) bond motifs is 7. The van der Waals surface area contributed by atoms with Gasteiger partial charge in [-0.15, -0.1) is 0 Å². The number of para-hydroxylation sites is 4. The molecule has 0 saturated carbocycles. The molecule has 0 amide bonds. The summed E-state index contributed by atoms with van der Waals surface area (Å²) in [5.41, 5.74) is 18.8. The molecule has 9 aromatic carbocycles. The summed E-state index contributed by atoms with van der Waals surface area (Å²) in [5.74, 6) is 0.